The molecule has 3 heterocycles. The van der Waals surface area contributed by atoms with Crippen molar-refractivity contribution in [2.24, 2.45) is 0 Å². The van der Waals surface area contributed by atoms with E-state index in [0.717, 1.165) is 31.9 Å². The van der Waals surface area contributed by atoms with Gasteiger partial charge < -0.3 is 20.4 Å². The summed E-state index contributed by atoms with van der Waals surface area (Å²) in [6.45, 7) is 4.13. The number of non-ortho nitro benzene ring substituents is 1. The number of nitrogens with zero attached hydrogens (tertiary/aromatic N) is 5. The van der Waals surface area contributed by atoms with E-state index in [1.165, 1.54) is 29.6 Å². The van der Waals surface area contributed by atoms with Crippen molar-refractivity contribution in [3.8, 4) is 0 Å². The van der Waals surface area contributed by atoms with Crippen molar-refractivity contribution >= 4 is 52.4 Å². The summed E-state index contributed by atoms with van der Waals surface area (Å²) in [4.78, 5) is 36.9. The van der Waals surface area contributed by atoms with Crippen molar-refractivity contribution < 1.29 is 9.72 Å². The van der Waals surface area contributed by atoms with E-state index < -0.39 is 4.92 Å². The fourth-order valence-electron chi connectivity index (χ4n) is 3.81. The molecule has 0 radical (unpaired) electrons. The van der Waals surface area contributed by atoms with Crippen LogP contribution in [0, 0.1) is 10.1 Å². The molecule has 178 valence electrons. The number of nitro groups is 1. The molecule has 1 amide bonds. The van der Waals surface area contributed by atoms with Gasteiger partial charge in [-0.25, -0.2) is 9.97 Å². The lowest BCUT2D eigenvalue weighted by Gasteiger charge is -2.34. The molecule has 2 aliphatic heterocycles. The van der Waals surface area contributed by atoms with Crippen molar-refractivity contribution in [2.75, 3.05) is 48.8 Å². The summed E-state index contributed by atoms with van der Waals surface area (Å²) >= 11 is 1.23. The van der Waals surface area contributed by atoms with Crippen LogP contribution in [0.4, 0.5) is 28.7 Å². The molecule has 3 aromatic rings. The minimum absolute atomic E-state index is 0.00160. The Morgan fingerprint density at radius 2 is 1.80 bits per heavy atom. The highest BCUT2D eigenvalue weighted by Gasteiger charge is 2.23. The number of likely N-dealkylation sites (N-methyl/N-ethyl adjacent to an activating group) is 1. The number of carbonyl (C=O) groups is 1. The van der Waals surface area contributed by atoms with E-state index in [0.29, 0.717) is 27.1 Å². The van der Waals surface area contributed by atoms with Gasteiger partial charge in [-0.2, -0.15) is 0 Å². The van der Waals surface area contributed by atoms with Crippen LogP contribution in [0.2, 0.25) is 0 Å². The van der Waals surface area contributed by atoms with Gasteiger partial charge in [-0.3, -0.25) is 14.9 Å². The zero-order valence-corrected chi connectivity index (χ0v) is 19.8. The van der Waals surface area contributed by atoms with Crippen molar-refractivity contribution in [3.63, 3.8) is 0 Å². The lowest BCUT2D eigenvalue weighted by Crippen LogP contribution is -2.44. The van der Waals surface area contributed by atoms with Gasteiger partial charge in [0.15, 0.2) is 0 Å². The predicted molar refractivity (Wildman–Crippen MR) is 137 cm³/mol. The molecule has 35 heavy (non-hydrogen) atoms. The number of carbonyl (C=O) groups excluding carboxylic acids is 1. The number of benzene rings is 2. The van der Waals surface area contributed by atoms with E-state index in [-0.39, 0.29) is 11.6 Å². The molecular weight excluding hydrogens is 466 g/mol. The smallest absolute Gasteiger partial charge is 0.269 e. The molecule has 0 aliphatic carbocycles. The van der Waals surface area contributed by atoms with Crippen LogP contribution in [0.15, 0.2) is 64.7 Å². The molecular formula is C24H23N7O3S. The Kier molecular flexibility index (Phi) is 6.34. The number of hydrogen-bond donors (Lipinski definition) is 2. The maximum atomic E-state index is 12.5. The third kappa shape index (κ3) is 5.26. The lowest BCUT2D eigenvalue weighted by atomic mass is 10.2. The van der Waals surface area contributed by atoms with Gasteiger partial charge in [0.1, 0.15) is 5.03 Å². The molecule has 0 unspecified atom stereocenters. The molecule has 10 nitrogen and oxygen atoms in total. The largest absolute Gasteiger partial charge is 0.369 e. The van der Waals surface area contributed by atoms with E-state index in [2.05, 4.69) is 49.6 Å². The molecule has 0 atom stereocenters. The molecule has 0 bridgehead atoms. The molecule has 2 aliphatic rings. The molecule has 1 fully saturated rings. The molecule has 1 aromatic heterocycles. The van der Waals surface area contributed by atoms with Crippen LogP contribution < -0.4 is 15.5 Å². The molecule has 2 aromatic carbocycles. The number of nitro benzene ring substituents is 1. The Labute approximate surface area is 206 Å². The number of nitrogens with one attached hydrogen (secondary N) is 2. The number of rotatable bonds is 5. The third-order valence-corrected chi connectivity index (χ3v) is 6.85. The van der Waals surface area contributed by atoms with Crippen LogP contribution in [-0.2, 0) is 4.79 Å². The zero-order valence-electron chi connectivity index (χ0n) is 19.0. The maximum absolute atomic E-state index is 12.5. The van der Waals surface area contributed by atoms with Crippen LogP contribution in [0.5, 0.6) is 0 Å². The summed E-state index contributed by atoms with van der Waals surface area (Å²) in [5, 5.41) is 17.5. The predicted octanol–water partition coefficient (Wildman–Crippen LogP) is 3.97. The number of piperazine rings is 1. The second-order valence-electron chi connectivity index (χ2n) is 8.29. The monoisotopic (exact) mass is 489 g/mol. The summed E-state index contributed by atoms with van der Waals surface area (Å²) < 4.78 is 0. The summed E-state index contributed by atoms with van der Waals surface area (Å²) in [6, 6.07) is 14.2. The lowest BCUT2D eigenvalue weighted by molar-refractivity contribution is -0.384. The van der Waals surface area contributed by atoms with Gasteiger partial charge in [0, 0.05) is 49.7 Å². The number of hydrogen-bond acceptors (Lipinski definition) is 9. The zero-order chi connectivity index (χ0) is 24.4. The Hall–Kier alpha value is -3.96. The Balaban J connectivity index is 1.29. The quantitative estimate of drug-likeness (QED) is 0.238. The molecule has 11 heteroatoms. The molecule has 0 saturated carbocycles. The Morgan fingerprint density at radius 3 is 2.49 bits per heavy atom. The number of amides is 1. The second-order valence-corrected chi connectivity index (χ2v) is 9.32. The first-order chi connectivity index (χ1) is 16.9. The van der Waals surface area contributed by atoms with Gasteiger partial charge >= 0.3 is 0 Å². The number of anilines is 4. The van der Waals surface area contributed by atoms with Gasteiger partial charge in [0.25, 0.3) is 11.6 Å². The second kappa shape index (κ2) is 9.72. The average Bonchev–Trinajstić information content (AvgIpc) is 2.86. The Bertz CT molecular complexity index is 1290. The first-order valence-corrected chi connectivity index (χ1v) is 11.9. The van der Waals surface area contributed by atoms with Crippen molar-refractivity contribution in [1.82, 2.24) is 14.9 Å². The summed E-state index contributed by atoms with van der Waals surface area (Å²) in [5.41, 5.74) is 3.28. The summed E-state index contributed by atoms with van der Waals surface area (Å²) in [5.74, 6) is 0.152. The van der Waals surface area contributed by atoms with E-state index in [4.69, 9.17) is 0 Å². The Morgan fingerprint density at radius 1 is 1.09 bits per heavy atom. The molecule has 2 N–H and O–H groups in total. The van der Waals surface area contributed by atoms with Gasteiger partial charge in [-0.05, 0) is 55.1 Å². The van der Waals surface area contributed by atoms with Crippen LogP contribution in [-0.4, -0.2) is 58.9 Å². The minimum Gasteiger partial charge on any atom is -0.369 e. The first kappa shape index (κ1) is 22.8. The number of aromatic nitrogens is 2. The van der Waals surface area contributed by atoms with Crippen molar-refractivity contribution in [1.29, 1.82) is 0 Å². The normalized spacial score (nSPS) is 17.1. The SMILES string of the molecule is CN1CCN(c2ccc(Nc3ncc4c(n3)S/C(=C/c3ccc([N+](=O)[O-])cc3)C(=O)N4)cc2)CC1. The van der Waals surface area contributed by atoms with Crippen LogP contribution >= 0.6 is 11.8 Å². The molecule has 0 spiro atoms. The van der Waals surface area contributed by atoms with Gasteiger partial charge in [-0.15, -0.1) is 0 Å². The highest BCUT2D eigenvalue weighted by molar-refractivity contribution is 8.04. The highest BCUT2D eigenvalue weighted by Crippen LogP contribution is 2.38. The fourth-order valence-corrected chi connectivity index (χ4v) is 4.71. The van der Waals surface area contributed by atoms with E-state index in [1.54, 1.807) is 24.4 Å². The molecule has 5 rings (SSSR count). The first-order valence-electron chi connectivity index (χ1n) is 11.1. The van der Waals surface area contributed by atoms with Gasteiger partial charge in [0.05, 0.1) is 21.7 Å². The van der Waals surface area contributed by atoms with Crippen molar-refractivity contribution in [3.05, 3.63) is 75.3 Å². The van der Waals surface area contributed by atoms with Gasteiger partial charge in [0.2, 0.25) is 5.95 Å². The fraction of sp³-hybridized carbons (Fsp3) is 0.208. The van der Waals surface area contributed by atoms with E-state index in [9.17, 15) is 14.9 Å². The van der Waals surface area contributed by atoms with E-state index >= 15 is 0 Å². The number of thioether (sulfide) groups is 1. The van der Waals surface area contributed by atoms with Crippen molar-refractivity contribution in [2.45, 2.75) is 5.03 Å². The topological polar surface area (TPSA) is 117 Å². The van der Waals surface area contributed by atoms with Crippen LogP contribution in [0.25, 0.3) is 6.08 Å². The maximum Gasteiger partial charge on any atom is 0.269 e. The van der Waals surface area contributed by atoms with Crippen LogP contribution in [0.1, 0.15) is 5.56 Å². The minimum atomic E-state index is -0.458. The highest BCUT2D eigenvalue weighted by atomic mass is 32.2. The average molecular weight is 490 g/mol. The number of fused-ring (bicyclic) bond motifs is 1. The van der Waals surface area contributed by atoms with E-state index in [1.807, 2.05) is 12.1 Å². The summed E-state index contributed by atoms with van der Waals surface area (Å²) in [6.07, 6.45) is 3.26. The summed E-state index contributed by atoms with van der Waals surface area (Å²) in [7, 11) is 2.14. The standard InChI is InChI=1S/C24H23N7O3S/c1-29-10-12-30(13-11-29)18-8-4-17(5-9-18)26-24-25-15-20-23(28-24)35-21(22(32)27-20)14-16-2-6-19(7-3-16)31(33)34/h2-9,14-15H,10-13H2,1H3,(H,27,32)(H,25,26,28)/b21-14+. The van der Waals surface area contributed by atoms with Crippen LogP contribution in [0.3, 0.4) is 0 Å². The molecule has 1 saturated heterocycles. The third-order valence-electron chi connectivity index (χ3n) is 5.83. The van der Waals surface area contributed by atoms with Gasteiger partial charge in [-0.1, -0.05) is 11.8 Å².